The average molecular weight is 331 g/mol. The lowest BCUT2D eigenvalue weighted by Gasteiger charge is -2.16. The second-order valence-electron chi connectivity index (χ2n) is 4.34. The number of benzene rings is 1. The van der Waals surface area contributed by atoms with Gasteiger partial charge in [-0.1, -0.05) is 41.9 Å². The third-order valence-electron chi connectivity index (χ3n) is 2.60. The first-order valence-electron chi connectivity index (χ1n) is 6.74. The van der Waals surface area contributed by atoms with E-state index in [4.69, 9.17) is 8.85 Å². The SMILES string of the molecule is CCCO[SiH](CCc1ccc(Br)cc1)OCCC. The third-order valence-corrected chi connectivity index (χ3v) is 5.10. The van der Waals surface area contributed by atoms with Gasteiger partial charge in [0.25, 0.3) is 0 Å². The second kappa shape index (κ2) is 9.73. The number of rotatable bonds is 9. The molecule has 1 aromatic rings. The maximum atomic E-state index is 5.85. The number of aryl methyl sites for hydroxylation is 1. The third kappa shape index (κ3) is 6.68. The Hall–Kier alpha value is -0.163. The molecule has 0 N–H and O–H groups in total. The number of hydrogen-bond acceptors (Lipinski definition) is 2. The monoisotopic (exact) mass is 330 g/mol. The van der Waals surface area contributed by atoms with Crippen LogP contribution in [0.1, 0.15) is 32.3 Å². The standard InChI is InChI=1S/C14H23BrO2Si/c1-3-10-16-18(17-11-4-2)12-9-13-5-7-14(15)8-6-13/h5-8,18H,3-4,9-12H2,1-2H3. The molecule has 102 valence electrons. The smallest absolute Gasteiger partial charge is 0.321 e. The zero-order valence-electron chi connectivity index (χ0n) is 11.3. The minimum Gasteiger partial charge on any atom is -0.397 e. The Morgan fingerprint density at radius 2 is 1.56 bits per heavy atom. The molecule has 0 heterocycles. The first kappa shape index (κ1) is 15.9. The molecular formula is C14H23BrO2Si. The second-order valence-corrected chi connectivity index (χ2v) is 7.36. The van der Waals surface area contributed by atoms with Gasteiger partial charge in [-0.15, -0.1) is 0 Å². The molecule has 1 aromatic carbocycles. The molecule has 0 spiro atoms. The normalized spacial score (nSPS) is 11.1. The molecule has 0 amide bonds. The minimum absolute atomic E-state index is 0.834. The highest BCUT2D eigenvalue weighted by molar-refractivity contribution is 9.10. The summed E-state index contributed by atoms with van der Waals surface area (Å²) in [6.45, 7) is 5.95. The summed E-state index contributed by atoms with van der Waals surface area (Å²) in [5, 5.41) is 0. The zero-order valence-corrected chi connectivity index (χ0v) is 14.1. The van der Waals surface area contributed by atoms with Gasteiger partial charge in [0.1, 0.15) is 0 Å². The highest BCUT2D eigenvalue weighted by Gasteiger charge is 2.12. The van der Waals surface area contributed by atoms with Gasteiger partial charge in [-0.2, -0.15) is 0 Å². The van der Waals surface area contributed by atoms with Crippen molar-refractivity contribution in [3.05, 3.63) is 34.3 Å². The summed E-state index contributed by atoms with van der Waals surface area (Å²) in [6.07, 6.45) is 3.19. The predicted octanol–water partition coefficient (Wildman–Crippen LogP) is 4.07. The summed E-state index contributed by atoms with van der Waals surface area (Å²) in [7, 11) is -1.46. The molecule has 0 bridgehead atoms. The van der Waals surface area contributed by atoms with Gasteiger partial charge in [0.15, 0.2) is 0 Å². The van der Waals surface area contributed by atoms with Crippen LogP contribution in [0.4, 0.5) is 0 Å². The van der Waals surface area contributed by atoms with E-state index in [1.807, 2.05) is 0 Å². The van der Waals surface area contributed by atoms with Gasteiger partial charge in [-0.3, -0.25) is 0 Å². The van der Waals surface area contributed by atoms with Crippen molar-refractivity contribution in [3.63, 3.8) is 0 Å². The van der Waals surface area contributed by atoms with Crippen LogP contribution in [-0.2, 0) is 15.3 Å². The molecule has 0 radical (unpaired) electrons. The van der Waals surface area contributed by atoms with Gasteiger partial charge >= 0.3 is 9.28 Å². The molecule has 4 heteroatoms. The van der Waals surface area contributed by atoms with Gasteiger partial charge in [0.05, 0.1) is 0 Å². The van der Waals surface area contributed by atoms with Crippen molar-refractivity contribution in [2.45, 2.75) is 39.2 Å². The topological polar surface area (TPSA) is 18.5 Å². The summed E-state index contributed by atoms with van der Waals surface area (Å²) in [6, 6.07) is 9.56. The largest absolute Gasteiger partial charge is 0.397 e. The van der Waals surface area contributed by atoms with Gasteiger partial charge in [0.2, 0.25) is 0 Å². The lowest BCUT2D eigenvalue weighted by Crippen LogP contribution is -2.24. The fraction of sp³-hybridized carbons (Fsp3) is 0.571. The van der Waals surface area contributed by atoms with E-state index >= 15 is 0 Å². The van der Waals surface area contributed by atoms with Crippen LogP contribution in [0.25, 0.3) is 0 Å². The molecule has 0 atom stereocenters. The van der Waals surface area contributed by atoms with Gasteiger partial charge in [0, 0.05) is 17.7 Å². The van der Waals surface area contributed by atoms with E-state index in [0.29, 0.717) is 0 Å². The molecule has 2 nitrogen and oxygen atoms in total. The zero-order chi connectivity index (χ0) is 13.2. The van der Waals surface area contributed by atoms with E-state index in [9.17, 15) is 0 Å². The Labute approximate surface area is 121 Å². The van der Waals surface area contributed by atoms with Gasteiger partial charge < -0.3 is 8.85 Å². The van der Waals surface area contributed by atoms with E-state index in [0.717, 1.165) is 43.0 Å². The lowest BCUT2D eigenvalue weighted by molar-refractivity contribution is 0.196. The predicted molar refractivity (Wildman–Crippen MR) is 82.3 cm³/mol. The van der Waals surface area contributed by atoms with E-state index < -0.39 is 9.28 Å². The molecule has 0 aromatic heterocycles. The maximum Gasteiger partial charge on any atom is 0.321 e. The van der Waals surface area contributed by atoms with Gasteiger partial charge in [-0.05, 0) is 43.0 Å². The molecular weight excluding hydrogens is 308 g/mol. The van der Waals surface area contributed by atoms with Crippen molar-refractivity contribution in [1.82, 2.24) is 0 Å². The summed E-state index contributed by atoms with van der Waals surface area (Å²) < 4.78 is 12.8. The summed E-state index contributed by atoms with van der Waals surface area (Å²) in [4.78, 5) is 0. The lowest BCUT2D eigenvalue weighted by atomic mass is 10.2. The van der Waals surface area contributed by atoms with Crippen LogP contribution in [0.3, 0.4) is 0 Å². The van der Waals surface area contributed by atoms with E-state index in [1.54, 1.807) is 0 Å². The molecule has 1 rings (SSSR count). The van der Waals surface area contributed by atoms with Crippen molar-refractivity contribution in [2.75, 3.05) is 13.2 Å². The fourth-order valence-corrected chi connectivity index (χ4v) is 3.91. The minimum atomic E-state index is -1.46. The van der Waals surface area contributed by atoms with Crippen LogP contribution in [0.5, 0.6) is 0 Å². The molecule has 0 saturated carbocycles. The van der Waals surface area contributed by atoms with Crippen molar-refractivity contribution < 1.29 is 8.85 Å². The van der Waals surface area contributed by atoms with E-state index in [1.165, 1.54) is 5.56 Å². The first-order valence-corrected chi connectivity index (χ1v) is 9.29. The van der Waals surface area contributed by atoms with Crippen molar-refractivity contribution in [3.8, 4) is 0 Å². The molecule has 0 saturated heterocycles. The Morgan fingerprint density at radius 1 is 1.00 bits per heavy atom. The number of hydrogen-bond donors (Lipinski definition) is 0. The van der Waals surface area contributed by atoms with Crippen LogP contribution in [0.15, 0.2) is 28.7 Å². The quantitative estimate of drug-likeness (QED) is 0.635. The molecule has 0 aliphatic heterocycles. The van der Waals surface area contributed by atoms with Gasteiger partial charge in [-0.25, -0.2) is 0 Å². The van der Waals surface area contributed by atoms with E-state index in [2.05, 4.69) is 54.0 Å². The Morgan fingerprint density at radius 3 is 2.06 bits per heavy atom. The molecule has 0 fully saturated rings. The molecule has 18 heavy (non-hydrogen) atoms. The van der Waals surface area contributed by atoms with Crippen molar-refractivity contribution >= 4 is 25.2 Å². The van der Waals surface area contributed by atoms with E-state index in [-0.39, 0.29) is 0 Å². The van der Waals surface area contributed by atoms with Crippen LogP contribution in [0.2, 0.25) is 6.04 Å². The highest BCUT2D eigenvalue weighted by Crippen LogP contribution is 2.13. The summed E-state index contributed by atoms with van der Waals surface area (Å²) >= 11 is 3.45. The first-order chi connectivity index (χ1) is 8.76. The van der Waals surface area contributed by atoms with Crippen LogP contribution in [-0.4, -0.2) is 22.5 Å². The Kier molecular flexibility index (Phi) is 8.59. The van der Waals surface area contributed by atoms with Crippen molar-refractivity contribution in [1.29, 1.82) is 0 Å². The molecule has 0 aliphatic rings. The van der Waals surface area contributed by atoms with Crippen LogP contribution in [0, 0.1) is 0 Å². The fourth-order valence-electron chi connectivity index (χ4n) is 1.65. The Bertz CT molecular complexity index is 308. The number of halogens is 1. The Balaban J connectivity index is 2.37. The maximum absolute atomic E-state index is 5.85. The van der Waals surface area contributed by atoms with Crippen molar-refractivity contribution in [2.24, 2.45) is 0 Å². The summed E-state index contributed by atoms with van der Waals surface area (Å²) in [5.74, 6) is 0. The van der Waals surface area contributed by atoms with Crippen LogP contribution >= 0.6 is 15.9 Å². The summed E-state index contributed by atoms with van der Waals surface area (Å²) in [5.41, 5.74) is 1.36. The molecule has 0 aliphatic carbocycles. The van der Waals surface area contributed by atoms with Crippen LogP contribution < -0.4 is 0 Å². The molecule has 0 unspecified atom stereocenters. The average Bonchev–Trinajstić information content (AvgIpc) is 2.40. The highest BCUT2D eigenvalue weighted by atomic mass is 79.9.